The first-order chi connectivity index (χ1) is 15.8. The predicted molar refractivity (Wildman–Crippen MR) is 131 cm³/mol. The minimum Gasteiger partial charge on any atom is -0.383 e. The molecule has 1 aromatic heterocycles. The number of nitrogens with one attached hydrogen (secondary N) is 1. The van der Waals surface area contributed by atoms with Gasteiger partial charge in [0.1, 0.15) is 5.82 Å². The van der Waals surface area contributed by atoms with Gasteiger partial charge in [0.25, 0.3) is 0 Å². The molecule has 4 nitrogen and oxygen atoms in total. The quantitative estimate of drug-likeness (QED) is 0.416. The summed E-state index contributed by atoms with van der Waals surface area (Å²) in [6.07, 6.45) is 6.87. The van der Waals surface area contributed by atoms with Crippen molar-refractivity contribution in [1.82, 2.24) is 9.97 Å². The minimum atomic E-state index is 0.227. The van der Waals surface area contributed by atoms with Gasteiger partial charge in [-0.1, -0.05) is 60.7 Å². The number of nitrogens with two attached hydrogens (primary N) is 1. The van der Waals surface area contributed by atoms with Gasteiger partial charge in [0.2, 0.25) is 5.95 Å². The molecule has 0 aliphatic heterocycles. The van der Waals surface area contributed by atoms with Crippen molar-refractivity contribution < 1.29 is 0 Å². The largest absolute Gasteiger partial charge is 0.383 e. The molecule has 0 fully saturated rings. The number of anilines is 2. The molecule has 0 amide bonds. The maximum atomic E-state index is 6.59. The van der Waals surface area contributed by atoms with Crippen LogP contribution in [0, 0.1) is 0 Å². The molecule has 32 heavy (non-hydrogen) atoms. The maximum absolute atomic E-state index is 6.59. The van der Waals surface area contributed by atoms with Crippen molar-refractivity contribution >= 4 is 22.7 Å². The van der Waals surface area contributed by atoms with Crippen LogP contribution in [-0.4, -0.2) is 9.97 Å². The van der Waals surface area contributed by atoms with Gasteiger partial charge in [-0.2, -0.15) is 4.98 Å². The van der Waals surface area contributed by atoms with Crippen LogP contribution >= 0.6 is 0 Å². The molecule has 1 unspecified atom stereocenters. The second-order valence-electron chi connectivity index (χ2n) is 9.11. The molecule has 2 aliphatic carbocycles. The summed E-state index contributed by atoms with van der Waals surface area (Å²) < 4.78 is 0. The normalized spacial score (nSPS) is 19.9. The Bertz CT molecular complexity index is 1300. The zero-order valence-corrected chi connectivity index (χ0v) is 18.2. The minimum absolute atomic E-state index is 0.227. The third-order valence-electron chi connectivity index (χ3n) is 7.20. The lowest BCUT2D eigenvalue weighted by atomic mass is 9.78. The highest BCUT2D eigenvalue weighted by atomic mass is 15.1. The highest BCUT2D eigenvalue weighted by molar-refractivity contribution is 5.93. The Morgan fingerprint density at radius 2 is 1.41 bits per heavy atom. The second-order valence-corrected chi connectivity index (χ2v) is 9.11. The molecule has 0 spiro atoms. The molecular formula is C28H28N4. The SMILES string of the molecule is Nc1nc(N[C@@H]2CCCc3ccccc32)nc2cccc(C3CCCc4ccccc43)c12. The number of aromatic nitrogens is 2. The standard InChI is InChI=1S/C28H28N4/c29-27-26-23(22-14-5-10-18-8-1-3-12-20(18)22)15-7-17-25(26)31-28(32-27)30-24-16-6-11-19-9-2-4-13-21(19)24/h1-4,7-9,12-13,15,17,22,24H,5-6,10-11,14,16H2,(H3,29,30,31,32)/t22?,24-/m1/s1. The topological polar surface area (TPSA) is 63.8 Å². The van der Waals surface area contributed by atoms with Gasteiger partial charge in [-0.25, -0.2) is 4.98 Å². The van der Waals surface area contributed by atoms with Crippen LogP contribution in [0.1, 0.15) is 65.5 Å². The molecule has 2 atom stereocenters. The van der Waals surface area contributed by atoms with E-state index >= 15 is 0 Å². The number of hydrogen-bond acceptors (Lipinski definition) is 4. The van der Waals surface area contributed by atoms with Crippen molar-refractivity contribution in [2.24, 2.45) is 0 Å². The van der Waals surface area contributed by atoms with Gasteiger partial charge in [-0.15, -0.1) is 0 Å². The Hall–Kier alpha value is -3.40. The summed E-state index contributed by atoms with van der Waals surface area (Å²) in [7, 11) is 0. The first-order valence-corrected chi connectivity index (χ1v) is 11.8. The fourth-order valence-corrected chi connectivity index (χ4v) is 5.73. The molecule has 3 aromatic carbocycles. The third-order valence-corrected chi connectivity index (χ3v) is 7.20. The van der Waals surface area contributed by atoms with Gasteiger partial charge in [0.05, 0.1) is 11.6 Å². The van der Waals surface area contributed by atoms with Crippen molar-refractivity contribution in [3.05, 3.63) is 94.5 Å². The summed E-state index contributed by atoms with van der Waals surface area (Å²) in [6.45, 7) is 0. The lowest BCUT2D eigenvalue weighted by Crippen LogP contribution is -2.19. The number of fused-ring (bicyclic) bond motifs is 3. The van der Waals surface area contributed by atoms with Gasteiger partial charge >= 0.3 is 0 Å². The van der Waals surface area contributed by atoms with E-state index in [4.69, 9.17) is 15.7 Å². The molecule has 4 heteroatoms. The van der Waals surface area contributed by atoms with Gasteiger partial charge in [0.15, 0.2) is 0 Å². The Morgan fingerprint density at radius 3 is 2.25 bits per heavy atom. The van der Waals surface area contributed by atoms with Gasteiger partial charge in [-0.3, -0.25) is 0 Å². The molecule has 0 saturated carbocycles. The van der Waals surface area contributed by atoms with Crippen molar-refractivity contribution in [3.8, 4) is 0 Å². The van der Waals surface area contributed by atoms with Crippen molar-refractivity contribution in [2.75, 3.05) is 11.1 Å². The number of benzene rings is 3. The van der Waals surface area contributed by atoms with E-state index in [9.17, 15) is 0 Å². The number of rotatable bonds is 3. The van der Waals surface area contributed by atoms with E-state index in [2.05, 4.69) is 72.0 Å². The van der Waals surface area contributed by atoms with Crippen LogP contribution in [0.15, 0.2) is 66.7 Å². The average molecular weight is 421 g/mol. The number of nitrogens with zero attached hydrogens (tertiary/aromatic N) is 2. The second kappa shape index (κ2) is 7.94. The Balaban J connectivity index is 1.39. The van der Waals surface area contributed by atoms with E-state index in [1.54, 1.807) is 0 Å². The van der Waals surface area contributed by atoms with Crippen molar-refractivity contribution in [3.63, 3.8) is 0 Å². The molecular weight excluding hydrogens is 392 g/mol. The molecule has 0 bridgehead atoms. The highest BCUT2D eigenvalue weighted by Gasteiger charge is 2.25. The molecule has 1 heterocycles. The first kappa shape index (κ1) is 19.3. The number of nitrogen functional groups attached to an aromatic ring is 1. The van der Waals surface area contributed by atoms with Crippen LogP contribution in [0.5, 0.6) is 0 Å². The number of hydrogen-bond donors (Lipinski definition) is 2. The molecule has 3 N–H and O–H groups in total. The van der Waals surface area contributed by atoms with Crippen molar-refractivity contribution in [2.45, 2.75) is 50.5 Å². The van der Waals surface area contributed by atoms with Gasteiger partial charge < -0.3 is 11.1 Å². The smallest absolute Gasteiger partial charge is 0.225 e. The third kappa shape index (κ3) is 3.31. The van der Waals surface area contributed by atoms with Gasteiger partial charge in [-0.05, 0) is 72.4 Å². The van der Waals surface area contributed by atoms with Gasteiger partial charge in [0, 0.05) is 11.3 Å². The van der Waals surface area contributed by atoms with Crippen molar-refractivity contribution in [1.29, 1.82) is 0 Å². The van der Waals surface area contributed by atoms with Crippen LogP contribution in [0.4, 0.5) is 11.8 Å². The molecule has 4 aromatic rings. The Kier molecular flexibility index (Phi) is 4.79. The average Bonchev–Trinajstić information content (AvgIpc) is 2.83. The van der Waals surface area contributed by atoms with Crippen LogP contribution in [-0.2, 0) is 12.8 Å². The van der Waals surface area contributed by atoms with E-state index < -0.39 is 0 Å². The van der Waals surface area contributed by atoms with E-state index in [1.807, 2.05) is 0 Å². The summed E-state index contributed by atoms with van der Waals surface area (Å²) in [4.78, 5) is 9.65. The summed E-state index contributed by atoms with van der Waals surface area (Å²) in [5.41, 5.74) is 14.4. The fourth-order valence-electron chi connectivity index (χ4n) is 5.73. The van der Waals surface area contributed by atoms with E-state index in [0.717, 1.165) is 36.6 Å². The van der Waals surface area contributed by atoms with E-state index in [1.165, 1.54) is 40.7 Å². The van der Waals surface area contributed by atoms with Crippen LogP contribution in [0.25, 0.3) is 10.9 Å². The molecule has 0 saturated heterocycles. The predicted octanol–water partition coefficient (Wildman–Crippen LogP) is 6.17. The highest BCUT2D eigenvalue weighted by Crippen LogP contribution is 2.41. The van der Waals surface area contributed by atoms with E-state index in [0.29, 0.717) is 17.7 Å². The molecule has 160 valence electrons. The Morgan fingerprint density at radius 1 is 0.719 bits per heavy atom. The molecule has 6 rings (SSSR count). The summed E-state index contributed by atoms with van der Waals surface area (Å²) in [5.74, 6) is 1.54. The zero-order valence-electron chi connectivity index (χ0n) is 18.2. The fraction of sp³-hybridized carbons (Fsp3) is 0.286. The van der Waals surface area contributed by atoms with Crippen LogP contribution < -0.4 is 11.1 Å². The monoisotopic (exact) mass is 420 g/mol. The summed E-state index contributed by atoms with van der Waals surface area (Å²) >= 11 is 0. The lowest BCUT2D eigenvalue weighted by molar-refractivity contribution is 0.597. The zero-order chi connectivity index (χ0) is 21.5. The molecule has 0 radical (unpaired) electrons. The van der Waals surface area contributed by atoms with Crippen LogP contribution in [0.2, 0.25) is 0 Å². The van der Waals surface area contributed by atoms with Crippen LogP contribution in [0.3, 0.4) is 0 Å². The lowest BCUT2D eigenvalue weighted by Gasteiger charge is -2.28. The first-order valence-electron chi connectivity index (χ1n) is 11.8. The maximum Gasteiger partial charge on any atom is 0.225 e. The number of aryl methyl sites for hydroxylation is 2. The molecule has 2 aliphatic rings. The summed E-state index contributed by atoms with van der Waals surface area (Å²) in [5, 5.41) is 4.59. The van der Waals surface area contributed by atoms with E-state index in [-0.39, 0.29) is 6.04 Å². The Labute approximate surface area is 188 Å². The summed E-state index contributed by atoms with van der Waals surface area (Å²) in [6, 6.07) is 24.1.